The van der Waals surface area contributed by atoms with Crippen LogP contribution in [0.1, 0.15) is 58.2 Å². The lowest BCUT2D eigenvalue weighted by atomic mass is 10.1. The van der Waals surface area contributed by atoms with Crippen LogP contribution in [-0.4, -0.2) is 27.8 Å². The number of unbranched alkanes of at least 4 members (excludes halogenated alkanes) is 3. The zero-order valence-electron chi connectivity index (χ0n) is 14.7. The predicted molar refractivity (Wildman–Crippen MR) is 99.0 cm³/mol. The fourth-order valence-electron chi connectivity index (χ4n) is 2.55. The summed E-state index contributed by atoms with van der Waals surface area (Å²) in [6, 6.07) is 5.12. The van der Waals surface area contributed by atoms with Gasteiger partial charge in [-0.05, 0) is 56.9 Å². The first-order valence-electron chi connectivity index (χ1n) is 8.93. The quantitative estimate of drug-likeness (QED) is 0.615. The van der Waals surface area contributed by atoms with Crippen LogP contribution in [0.5, 0.6) is 5.75 Å². The molecule has 0 spiro atoms. The van der Waals surface area contributed by atoms with Gasteiger partial charge in [-0.15, -0.1) is 0 Å². The molecule has 0 saturated carbocycles. The molecule has 130 valence electrons. The SMILES string of the molecule is CCCCCOC(C)CCC/C=C/c1ncc2cc(O)ccc2n1. The smallest absolute Gasteiger partial charge is 0.152 e. The first-order valence-corrected chi connectivity index (χ1v) is 8.93. The second kappa shape index (κ2) is 10.0. The minimum atomic E-state index is 0.237. The summed E-state index contributed by atoms with van der Waals surface area (Å²) in [5, 5.41) is 10.3. The van der Waals surface area contributed by atoms with E-state index in [9.17, 15) is 5.11 Å². The number of aromatic hydroxyl groups is 1. The van der Waals surface area contributed by atoms with Crippen molar-refractivity contribution in [2.24, 2.45) is 0 Å². The minimum absolute atomic E-state index is 0.237. The van der Waals surface area contributed by atoms with E-state index in [-0.39, 0.29) is 5.75 Å². The van der Waals surface area contributed by atoms with E-state index in [0.717, 1.165) is 43.2 Å². The van der Waals surface area contributed by atoms with Gasteiger partial charge in [0.1, 0.15) is 5.75 Å². The van der Waals surface area contributed by atoms with Gasteiger partial charge in [-0.25, -0.2) is 9.97 Å². The minimum Gasteiger partial charge on any atom is -0.508 e. The molecule has 24 heavy (non-hydrogen) atoms. The molecule has 4 nitrogen and oxygen atoms in total. The summed E-state index contributed by atoms with van der Waals surface area (Å²) >= 11 is 0. The van der Waals surface area contributed by atoms with Gasteiger partial charge in [0.15, 0.2) is 5.82 Å². The van der Waals surface area contributed by atoms with Crippen LogP contribution in [0.15, 0.2) is 30.5 Å². The second-order valence-electron chi connectivity index (χ2n) is 6.19. The molecule has 2 rings (SSSR count). The summed E-state index contributed by atoms with van der Waals surface area (Å²) in [4.78, 5) is 8.78. The monoisotopic (exact) mass is 328 g/mol. The summed E-state index contributed by atoms with van der Waals surface area (Å²) in [5.74, 6) is 0.942. The Morgan fingerprint density at radius 3 is 2.96 bits per heavy atom. The highest BCUT2D eigenvalue weighted by molar-refractivity contribution is 5.79. The highest BCUT2D eigenvalue weighted by Gasteiger charge is 2.01. The van der Waals surface area contributed by atoms with E-state index in [1.165, 1.54) is 12.8 Å². The Hall–Kier alpha value is -1.94. The van der Waals surface area contributed by atoms with Crippen molar-refractivity contribution in [1.29, 1.82) is 0 Å². The van der Waals surface area contributed by atoms with Gasteiger partial charge in [-0.1, -0.05) is 25.8 Å². The van der Waals surface area contributed by atoms with Crippen LogP contribution in [0.2, 0.25) is 0 Å². The summed E-state index contributed by atoms with van der Waals surface area (Å²) in [6.45, 7) is 5.24. The highest BCUT2D eigenvalue weighted by Crippen LogP contribution is 2.17. The molecule has 1 aromatic heterocycles. The number of rotatable bonds is 10. The third kappa shape index (κ3) is 6.28. The number of aromatic nitrogens is 2. The van der Waals surface area contributed by atoms with Gasteiger partial charge in [0, 0.05) is 18.2 Å². The number of benzene rings is 1. The van der Waals surface area contributed by atoms with E-state index in [1.54, 1.807) is 24.4 Å². The Labute approximate surface area is 144 Å². The lowest BCUT2D eigenvalue weighted by Crippen LogP contribution is -2.08. The van der Waals surface area contributed by atoms with Crippen molar-refractivity contribution in [2.45, 2.75) is 58.5 Å². The predicted octanol–water partition coefficient (Wildman–Crippen LogP) is 5.11. The van der Waals surface area contributed by atoms with Crippen LogP contribution in [0, 0.1) is 0 Å². The maximum atomic E-state index is 9.45. The third-order valence-corrected chi connectivity index (χ3v) is 3.98. The molecule has 0 bridgehead atoms. The molecule has 1 heterocycles. The second-order valence-corrected chi connectivity index (χ2v) is 6.19. The number of nitrogens with zero attached hydrogens (tertiary/aromatic N) is 2. The van der Waals surface area contributed by atoms with Gasteiger partial charge in [-0.3, -0.25) is 0 Å². The Morgan fingerprint density at radius 2 is 2.12 bits per heavy atom. The molecule has 2 aromatic rings. The maximum absolute atomic E-state index is 9.45. The maximum Gasteiger partial charge on any atom is 0.152 e. The molecule has 0 aliphatic heterocycles. The van der Waals surface area contributed by atoms with Gasteiger partial charge >= 0.3 is 0 Å². The molecular weight excluding hydrogens is 300 g/mol. The molecule has 0 amide bonds. The van der Waals surface area contributed by atoms with E-state index in [4.69, 9.17) is 4.74 Å². The van der Waals surface area contributed by atoms with Crippen molar-refractivity contribution in [2.75, 3.05) is 6.61 Å². The standard InChI is InChI=1S/C20H28N2O2/c1-3-4-8-13-24-16(2)9-6-5-7-10-20-21-15-17-14-18(23)11-12-19(17)22-20/h7,10-12,14-16,23H,3-6,8-9,13H2,1-2H3/b10-7+. The van der Waals surface area contributed by atoms with Crippen LogP contribution in [0.25, 0.3) is 17.0 Å². The lowest BCUT2D eigenvalue weighted by molar-refractivity contribution is 0.0566. The summed E-state index contributed by atoms with van der Waals surface area (Å²) in [5.41, 5.74) is 0.844. The van der Waals surface area contributed by atoms with Crippen LogP contribution in [0.3, 0.4) is 0 Å². The van der Waals surface area contributed by atoms with Gasteiger partial charge in [-0.2, -0.15) is 0 Å². The van der Waals surface area contributed by atoms with Crippen molar-refractivity contribution < 1.29 is 9.84 Å². The van der Waals surface area contributed by atoms with E-state index in [0.29, 0.717) is 11.9 Å². The number of phenols is 1. The Kier molecular flexibility index (Phi) is 7.69. The summed E-state index contributed by atoms with van der Waals surface area (Å²) in [6.07, 6.45) is 13.0. The van der Waals surface area contributed by atoms with E-state index in [2.05, 4.69) is 29.9 Å². The largest absolute Gasteiger partial charge is 0.508 e. The van der Waals surface area contributed by atoms with E-state index < -0.39 is 0 Å². The average Bonchev–Trinajstić information content (AvgIpc) is 2.58. The van der Waals surface area contributed by atoms with Gasteiger partial charge in [0.05, 0.1) is 11.6 Å². The molecule has 0 aliphatic carbocycles. The molecule has 0 radical (unpaired) electrons. The van der Waals surface area contributed by atoms with Crippen molar-refractivity contribution in [1.82, 2.24) is 9.97 Å². The average molecular weight is 328 g/mol. The molecule has 1 unspecified atom stereocenters. The normalized spacial score (nSPS) is 12.9. The fraction of sp³-hybridized carbons (Fsp3) is 0.500. The molecule has 4 heteroatoms. The van der Waals surface area contributed by atoms with Crippen molar-refractivity contribution in [3.8, 4) is 5.75 Å². The van der Waals surface area contributed by atoms with Crippen molar-refractivity contribution in [3.63, 3.8) is 0 Å². The Balaban J connectivity index is 1.71. The molecule has 1 aromatic carbocycles. The first-order chi connectivity index (χ1) is 11.7. The number of hydrogen-bond donors (Lipinski definition) is 1. The van der Waals surface area contributed by atoms with Crippen LogP contribution >= 0.6 is 0 Å². The number of ether oxygens (including phenoxy) is 1. The van der Waals surface area contributed by atoms with Crippen molar-refractivity contribution >= 4 is 17.0 Å². The molecular formula is C20H28N2O2. The fourth-order valence-corrected chi connectivity index (χ4v) is 2.55. The Bertz CT molecular complexity index is 655. The molecule has 1 N–H and O–H groups in total. The number of hydrogen-bond acceptors (Lipinski definition) is 4. The number of fused-ring (bicyclic) bond motifs is 1. The number of allylic oxidation sites excluding steroid dienone is 1. The van der Waals surface area contributed by atoms with Gasteiger partial charge in [0.25, 0.3) is 0 Å². The van der Waals surface area contributed by atoms with E-state index >= 15 is 0 Å². The first kappa shape index (κ1) is 18.4. The molecule has 0 fully saturated rings. The number of phenolic OH excluding ortho intramolecular Hbond substituents is 1. The van der Waals surface area contributed by atoms with E-state index in [1.807, 2.05) is 6.08 Å². The molecule has 1 atom stereocenters. The van der Waals surface area contributed by atoms with Crippen LogP contribution in [0.4, 0.5) is 0 Å². The molecule has 0 aliphatic rings. The molecule has 0 saturated heterocycles. The zero-order chi connectivity index (χ0) is 17.2. The Morgan fingerprint density at radius 1 is 1.25 bits per heavy atom. The topological polar surface area (TPSA) is 55.2 Å². The van der Waals surface area contributed by atoms with Crippen LogP contribution in [-0.2, 0) is 4.74 Å². The summed E-state index contributed by atoms with van der Waals surface area (Å²) in [7, 11) is 0. The van der Waals surface area contributed by atoms with Crippen LogP contribution < -0.4 is 0 Å². The highest BCUT2D eigenvalue weighted by atomic mass is 16.5. The van der Waals surface area contributed by atoms with Gasteiger partial charge in [0.2, 0.25) is 0 Å². The third-order valence-electron chi connectivity index (χ3n) is 3.98. The van der Waals surface area contributed by atoms with Gasteiger partial charge < -0.3 is 9.84 Å². The zero-order valence-corrected chi connectivity index (χ0v) is 14.7. The summed E-state index contributed by atoms with van der Waals surface area (Å²) < 4.78 is 5.80. The van der Waals surface area contributed by atoms with Crippen molar-refractivity contribution in [3.05, 3.63) is 36.3 Å². The lowest BCUT2D eigenvalue weighted by Gasteiger charge is -2.11.